The molecule has 1 aromatic rings. The van der Waals surface area contributed by atoms with Crippen LogP contribution < -0.4 is 0 Å². The predicted octanol–water partition coefficient (Wildman–Crippen LogP) is 2.78. The summed E-state index contributed by atoms with van der Waals surface area (Å²) in [6.45, 7) is 0. The molecular formula is C6H4Cl2F3NO3S. The Morgan fingerprint density at radius 2 is 1.50 bits per heavy atom. The summed E-state index contributed by atoms with van der Waals surface area (Å²) in [5.74, 6) is 0. The normalized spacial score (nSPS) is 11.6. The highest BCUT2D eigenvalue weighted by molar-refractivity contribution is 7.86. The molecule has 0 aliphatic carbocycles. The summed E-state index contributed by atoms with van der Waals surface area (Å²) in [5.41, 5.74) is -5.53. The summed E-state index contributed by atoms with van der Waals surface area (Å²) in [4.78, 5) is 3.72. The van der Waals surface area contributed by atoms with E-state index >= 15 is 0 Å². The smallest absolute Gasteiger partial charge is 0.279 e. The van der Waals surface area contributed by atoms with E-state index in [-0.39, 0.29) is 0 Å². The van der Waals surface area contributed by atoms with E-state index < -0.39 is 15.6 Å². The Morgan fingerprint density at radius 1 is 1.19 bits per heavy atom. The Kier molecular flexibility index (Phi) is 5.47. The maximum absolute atomic E-state index is 10.7. The van der Waals surface area contributed by atoms with Gasteiger partial charge in [0.2, 0.25) is 0 Å². The van der Waals surface area contributed by atoms with Crippen molar-refractivity contribution in [3.8, 4) is 0 Å². The molecule has 0 spiro atoms. The average molecular weight is 298 g/mol. The van der Waals surface area contributed by atoms with Crippen molar-refractivity contribution >= 4 is 33.3 Å². The molecule has 1 rings (SSSR count). The van der Waals surface area contributed by atoms with Crippen LogP contribution in [0.3, 0.4) is 0 Å². The van der Waals surface area contributed by atoms with Crippen molar-refractivity contribution < 1.29 is 26.1 Å². The molecule has 1 heterocycles. The van der Waals surface area contributed by atoms with Crippen LogP contribution in [0.15, 0.2) is 18.5 Å². The van der Waals surface area contributed by atoms with Gasteiger partial charge in [0.15, 0.2) is 0 Å². The van der Waals surface area contributed by atoms with Gasteiger partial charge in [-0.1, -0.05) is 23.2 Å². The zero-order chi connectivity index (χ0) is 13.0. The van der Waals surface area contributed by atoms with Gasteiger partial charge >= 0.3 is 15.6 Å². The molecule has 0 amide bonds. The van der Waals surface area contributed by atoms with Gasteiger partial charge in [-0.2, -0.15) is 21.6 Å². The van der Waals surface area contributed by atoms with Crippen LogP contribution in [-0.2, 0) is 10.1 Å². The van der Waals surface area contributed by atoms with Crippen LogP contribution in [0.5, 0.6) is 0 Å². The first-order valence-corrected chi connectivity index (χ1v) is 5.53. The molecule has 0 unspecified atom stereocenters. The molecule has 0 aliphatic heterocycles. The van der Waals surface area contributed by atoms with Crippen molar-refractivity contribution in [2.45, 2.75) is 5.51 Å². The summed E-state index contributed by atoms with van der Waals surface area (Å²) in [6, 6.07) is 1.64. The lowest BCUT2D eigenvalue weighted by molar-refractivity contribution is -0.0510. The van der Waals surface area contributed by atoms with Crippen LogP contribution in [0.2, 0.25) is 10.0 Å². The second kappa shape index (κ2) is 5.67. The lowest BCUT2D eigenvalue weighted by Crippen LogP contribution is -2.21. The number of alkyl halides is 3. The maximum Gasteiger partial charge on any atom is 0.522 e. The van der Waals surface area contributed by atoms with E-state index in [2.05, 4.69) is 4.98 Å². The van der Waals surface area contributed by atoms with E-state index in [1.807, 2.05) is 0 Å². The van der Waals surface area contributed by atoms with Crippen LogP contribution >= 0.6 is 23.2 Å². The summed E-state index contributed by atoms with van der Waals surface area (Å²) in [6.07, 6.45) is 3.07. The van der Waals surface area contributed by atoms with E-state index in [1.165, 1.54) is 12.4 Å². The van der Waals surface area contributed by atoms with Crippen LogP contribution in [0.4, 0.5) is 13.2 Å². The summed E-state index contributed by atoms with van der Waals surface area (Å²) >= 11 is 11.0. The van der Waals surface area contributed by atoms with Crippen molar-refractivity contribution in [2.75, 3.05) is 0 Å². The minimum absolute atomic E-state index is 0.567. The zero-order valence-electron chi connectivity index (χ0n) is 7.24. The van der Waals surface area contributed by atoms with Gasteiger partial charge in [0, 0.05) is 12.4 Å². The van der Waals surface area contributed by atoms with Crippen LogP contribution in [0, 0.1) is 0 Å². The second-order valence-corrected chi connectivity index (χ2v) is 4.53. The van der Waals surface area contributed by atoms with E-state index in [4.69, 9.17) is 36.2 Å². The third-order valence-corrected chi connectivity index (χ3v) is 1.96. The minimum Gasteiger partial charge on any atom is -0.279 e. The van der Waals surface area contributed by atoms with Gasteiger partial charge in [0.25, 0.3) is 0 Å². The molecular weight excluding hydrogens is 294 g/mol. The zero-order valence-corrected chi connectivity index (χ0v) is 9.57. The molecule has 92 valence electrons. The molecule has 1 N–H and O–H groups in total. The molecule has 10 heteroatoms. The van der Waals surface area contributed by atoms with Gasteiger partial charge in [-0.3, -0.25) is 9.54 Å². The van der Waals surface area contributed by atoms with E-state index in [0.29, 0.717) is 10.0 Å². The minimum atomic E-state index is -5.84. The summed E-state index contributed by atoms with van der Waals surface area (Å²) in [7, 11) is -5.84. The molecule has 0 radical (unpaired) electrons. The van der Waals surface area contributed by atoms with Gasteiger partial charge in [0.1, 0.15) is 0 Å². The first-order chi connectivity index (χ1) is 7.04. The Labute approximate surface area is 98.8 Å². The predicted molar refractivity (Wildman–Crippen MR) is 51.9 cm³/mol. The number of hydrogen-bond donors (Lipinski definition) is 1. The molecule has 4 nitrogen and oxygen atoms in total. The van der Waals surface area contributed by atoms with E-state index in [0.717, 1.165) is 0 Å². The lowest BCUT2D eigenvalue weighted by Gasteiger charge is -1.97. The molecule has 1 aromatic heterocycles. The van der Waals surface area contributed by atoms with Crippen molar-refractivity contribution in [3.63, 3.8) is 0 Å². The molecule has 0 aromatic carbocycles. The lowest BCUT2D eigenvalue weighted by atomic mass is 10.5. The Morgan fingerprint density at radius 3 is 1.62 bits per heavy atom. The largest absolute Gasteiger partial charge is 0.522 e. The van der Waals surface area contributed by atoms with E-state index in [1.54, 1.807) is 6.07 Å². The van der Waals surface area contributed by atoms with Gasteiger partial charge < -0.3 is 0 Å². The van der Waals surface area contributed by atoms with Crippen molar-refractivity contribution in [1.82, 2.24) is 4.98 Å². The Hall–Kier alpha value is -0.570. The number of halogens is 5. The molecule has 0 aliphatic rings. The van der Waals surface area contributed by atoms with Crippen molar-refractivity contribution in [1.29, 1.82) is 0 Å². The molecule has 0 saturated carbocycles. The number of aromatic nitrogens is 1. The van der Waals surface area contributed by atoms with E-state index in [9.17, 15) is 13.2 Å². The van der Waals surface area contributed by atoms with Gasteiger partial charge in [-0.05, 0) is 6.07 Å². The van der Waals surface area contributed by atoms with Crippen molar-refractivity contribution in [3.05, 3.63) is 28.5 Å². The quantitative estimate of drug-likeness (QED) is 0.591. The monoisotopic (exact) mass is 297 g/mol. The van der Waals surface area contributed by atoms with Gasteiger partial charge in [-0.15, -0.1) is 0 Å². The van der Waals surface area contributed by atoms with Crippen LogP contribution in [0.25, 0.3) is 0 Å². The molecule has 0 atom stereocenters. The highest BCUT2D eigenvalue weighted by atomic mass is 35.5. The molecule has 0 fully saturated rings. The molecule has 16 heavy (non-hydrogen) atoms. The molecule has 0 bridgehead atoms. The standard InChI is InChI=1S/C5H3Cl2N.CHF3O3S/c6-4-1-5(7)3-8-2-4;2-1(3,4)8(5,6)7/h1-3H;(H,5,6,7). The first-order valence-electron chi connectivity index (χ1n) is 3.34. The van der Waals surface area contributed by atoms with Gasteiger partial charge in [-0.25, -0.2) is 0 Å². The first kappa shape index (κ1) is 15.4. The molecule has 0 saturated heterocycles. The number of pyridine rings is 1. The fourth-order valence-corrected chi connectivity index (χ4v) is 0.790. The number of hydrogen-bond acceptors (Lipinski definition) is 3. The average Bonchev–Trinajstić information content (AvgIpc) is 2.00. The SMILES string of the molecule is Clc1cncc(Cl)c1.O=S(=O)(O)C(F)(F)F. The van der Waals surface area contributed by atoms with Crippen LogP contribution in [-0.4, -0.2) is 23.5 Å². The number of nitrogens with zero attached hydrogens (tertiary/aromatic N) is 1. The maximum atomic E-state index is 10.7. The highest BCUT2D eigenvalue weighted by Gasteiger charge is 2.44. The topological polar surface area (TPSA) is 67.3 Å². The Bertz CT molecular complexity index is 431. The highest BCUT2D eigenvalue weighted by Crippen LogP contribution is 2.20. The van der Waals surface area contributed by atoms with Crippen LogP contribution in [0.1, 0.15) is 0 Å². The fourth-order valence-electron chi connectivity index (χ4n) is 0.386. The second-order valence-electron chi connectivity index (χ2n) is 2.24. The third-order valence-electron chi connectivity index (χ3n) is 0.964. The number of rotatable bonds is 0. The van der Waals surface area contributed by atoms with Gasteiger partial charge in [0.05, 0.1) is 10.0 Å². The summed E-state index contributed by atoms with van der Waals surface area (Å²) in [5, 5.41) is 1.13. The summed E-state index contributed by atoms with van der Waals surface area (Å²) < 4.78 is 57.5. The third kappa shape index (κ3) is 6.11. The fraction of sp³-hybridized carbons (Fsp3) is 0.167. The van der Waals surface area contributed by atoms with Crippen molar-refractivity contribution in [2.24, 2.45) is 0 Å². The Balaban J connectivity index is 0.000000281.